The summed E-state index contributed by atoms with van der Waals surface area (Å²) in [4.78, 5) is 15.2. The molecule has 0 amide bonds. The number of carboxylic acids is 1. The molecule has 0 fully saturated rings. The first kappa shape index (κ1) is 18.1. The van der Waals surface area contributed by atoms with Crippen molar-refractivity contribution in [3.63, 3.8) is 0 Å². The lowest BCUT2D eigenvalue weighted by Gasteiger charge is -2.30. The minimum absolute atomic E-state index is 0.0369. The number of carbonyl (C=O) groups is 1. The molecule has 0 spiro atoms. The summed E-state index contributed by atoms with van der Waals surface area (Å²) >= 11 is 5.96. The van der Waals surface area contributed by atoms with E-state index in [4.69, 9.17) is 16.9 Å². The fourth-order valence-electron chi connectivity index (χ4n) is 2.54. The smallest absolute Gasteiger partial charge is 0.449 e. The Bertz CT molecular complexity index is 860. The van der Waals surface area contributed by atoms with Crippen molar-refractivity contribution in [3.8, 4) is 6.07 Å². The summed E-state index contributed by atoms with van der Waals surface area (Å²) in [6, 6.07) is 2.70. The number of hydrogen-bond acceptors (Lipinski definition) is 3. The fraction of sp³-hybridized carbons (Fsp3) is 0.400. The number of rotatable bonds is 2. The molecule has 1 N–H and O–H groups in total. The Morgan fingerprint density at radius 3 is 2.38 bits per heavy atom. The normalized spacial score (nSPS) is 13.8. The average molecular weight is 360 g/mol. The first-order chi connectivity index (χ1) is 10.9. The van der Waals surface area contributed by atoms with E-state index in [0.717, 1.165) is 0 Å². The third kappa shape index (κ3) is 2.91. The molecule has 1 aromatic carbocycles. The topological polar surface area (TPSA) is 78.9 Å². The van der Waals surface area contributed by atoms with Gasteiger partial charge in [-0.25, -0.2) is 9.78 Å². The maximum absolute atomic E-state index is 13.4. The van der Waals surface area contributed by atoms with Gasteiger partial charge in [0.15, 0.2) is 0 Å². The van der Waals surface area contributed by atoms with E-state index in [-0.39, 0.29) is 21.6 Å². The Morgan fingerprint density at radius 2 is 1.96 bits per heavy atom. The highest BCUT2D eigenvalue weighted by molar-refractivity contribution is 6.36. The van der Waals surface area contributed by atoms with Crippen LogP contribution in [-0.4, -0.2) is 20.6 Å². The minimum Gasteiger partial charge on any atom is -0.480 e. The van der Waals surface area contributed by atoms with Crippen LogP contribution in [-0.2, 0) is 11.0 Å². The highest BCUT2D eigenvalue weighted by atomic mass is 35.5. The van der Waals surface area contributed by atoms with E-state index in [9.17, 15) is 23.1 Å². The van der Waals surface area contributed by atoms with E-state index >= 15 is 0 Å². The molecular formula is C15H13ClF3N3O2. The van der Waals surface area contributed by atoms with Gasteiger partial charge in [0.25, 0.3) is 0 Å². The number of benzene rings is 1. The number of alkyl halides is 3. The zero-order valence-electron chi connectivity index (χ0n) is 12.9. The molecule has 24 heavy (non-hydrogen) atoms. The van der Waals surface area contributed by atoms with Crippen LogP contribution in [0.15, 0.2) is 12.1 Å². The van der Waals surface area contributed by atoms with Crippen LogP contribution in [0.5, 0.6) is 0 Å². The lowest BCUT2D eigenvalue weighted by atomic mass is 9.86. The van der Waals surface area contributed by atoms with E-state index in [0.29, 0.717) is 4.57 Å². The molecule has 0 bridgehead atoms. The molecule has 1 unspecified atom stereocenters. The van der Waals surface area contributed by atoms with Gasteiger partial charge in [-0.3, -0.25) is 0 Å². The summed E-state index contributed by atoms with van der Waals surface area (Å²) in [5, 5.41) is 18.2. The van der Waals surface area contributed by atoms with Crippen molar-refractivity contribution in [1.29, 1.82) is 5.26 Å². The standard InChI is InChI=1S/C15H13ClF3N3O2/c1-14(2,3)11(12(23)24)22-8-5-4-7(6-20)9(16)10(8)21-13(22)15(17,18)19/h4-5,11H,1-3H3,(H,23,24). The van der Waals surface area contributed by atoms with Gasteiger partial charge in [-0.1, -0.05) is 32.4 Å². The maximum Gasteiger partial charge on any atom is 0.449 e. The molecule has 1 heterocycles. The number of nitriles is 1. The number of carboxylic acid groups (broad SMARTS) is 1. The van der Waals surface area contributed by atoms with Crippen molar-refractivity contribution < 1.29 is 23.1 Å². The average Bonchev–Trinajstić information content (AvgIpc) is 2.77. The number of fused-ring (bicyclic) bond motifs is 1. The molecule has 128 valence electrons. The predicted molar refractivity (Wildman–Crippen MR) is 80.6 cm³/mol. The molecule has 0 radical (unpaired) electrons. The minimum atomic E-state index is -4.88. The van der Waals surface area contributed by atoms with Crippen molar-refractivity contribution in [2.75, 3.05) is 0 Å². The molecule has 0 aliphatic heterocycles. The summed E-state index contributed by atoms with van der Waals surface area (Å²) < 4.78 is 40.9. The van der Waals surface area contributed by atoms with E-state index in [1.165, 1.54) is 32.9 Å². The third-order valence-corrected chi connectivity index (χ3v) is 3.87. The highest BCUT2D eigenvalue weighted by Gasteiger charge is 2.44. The van der Waals surface area contributed by atoms with Crippen LogP contribution in [0.4, 0.5) is 13.2 Å². The first-order valence-electron chi connectivity index (χ1n) is 6.80. The summed E-state index contributed by atoms with van der Waals surface area (Å²) in [7, 11) is 0. The number of aromatic nitrogens is 2. The van der Waals surface area contributed by atoms with Gasteiger partial charge < -0.3 is 9.67 Å². The Kier molecular flexibility index (Phi) is 4.27. The number of hydrogen-bond donors (Lipinski definition) is 1. The van der Waals surface area contributed by atoms with Gasteiger partial charge in [0, 0.05) is 0 Å². The van der Waals surface area contributed by atoms with Gasteiger partial charge in [0.1, 0.15) is 17.6 Å². The third-order valence-electron chi connectivity index (χ3n) is 3.49. The number of aliphatic carboxylic acids is 1. The van der Waals surface area contributed by atoms with E-state index < -0.39 is 29.4 Å². The maximum atomic E-state index is 13.4. The second kappa shape index (κ2) is 5.67. The summed E-state index contributed by atoms with van der Waals surface area (Å²) in [6.45, 7) is 4.55. The molecule has 0 aliphatic rings. The Balaban J connectivity index is 2.97. The lowest BCUT2D eigenvalue weighted by molar-refractivity contribution is -0.153. The molecule has 2 rings (SSSR count). The Hall–Kier alpha value is -2.27. The number of halogens is 4. The van der Waals surface area contributed by atoms with Crippen molar-refractivity contribution in [3.05, 3.63) is 28.5 Å². The van der Waals surface area contributed by atoms with Crippen LogP contribution >= 0.6 is 11.6 Å². The largest absolute Gasteiger partial charge is 0.480 e. The molecular weight excluding hydrogens is 347 g/mol. The van der Waals surface area contributed by atoms with Gasteiger partial charge >= 0.3 is 12.1 Å². The van der Waals surface area contributed by atoms with Crippen molar-refractivity contribution in [2.45, 2.75) is 33.0 Å². The molecule has 0 aliphatic carbocycles. The SMILES string of the molecule is CC(C)(C)C(C(=O)O)n1c(C(F)(F)F)nc2c(Cl)c(C#N)ccc21. The van der Waals surface area contributed by atoms with E-state index in [1.807, 2.05) is 0 Å². The Morgan fingerprint density at radius 1 is 1.38 bits per heavy atom. The van der Waals surface area contributed by atoms with E-state index in [2.05, 4.69) is 4.98 Å². The molecule has 9 heteroatoms. The molecule has 0 saturated heterocycles. The zero-order valence-corrected chi connectivity index (χ0v) is 13.7. The molecule has 0 saturated carbocycles. The van der Waals surface area contributed by atoms with Crippen LogP contribution in [0.3, 0.4) is 0 Å². The Labute approximate surface area is 140 Å². The zero-order chi connectivity index (χ0) is 18.4. The fourth-order valence-corrected chi connectivity index (χ4v) is 2.79. The highest BCUT2D eigenvalue weighted by Crippen LogP contribution is 2.41. The van der Waals surface area contributed by atoms with Gasteiger partial charge in [-0.05, 0) is 17.5 Å². The summed E-state index contributed by atoms with van der Waals surface area (Å²) in [5.74, 6) is -2.79. The van der Waals surface area contributed by atoms with Crippen LogP contribution in [0, 0.1) is 16.7 Å². The van der Waals surface area contributed by atoms with Gasteiger partial charge in [0.2, 0.25) is 5.82 Å². The first-order valence-corrected chi connectivity index (χ1v) is 7.18. The molecule has 5 nitrogen and oxygen atoms in total. The van der Waals surface area contributed by atoms with Gasteiger partial charge in [-0.15, -0.1) is 0 Å². The van der Waals surface area contributed by atoms with Crippen LogP contribution in [0.25, 0.3) is 11.0 Å². The van der Waals surface area contributed by atoms with Crippen LogP contribution in [0.1, 0.15) is 38.2 Å². The van der Waals surface area contributed by atoms with Crippen molar-refractivity contribution >= 4 is 28.6 Å². The van der Waals surface area contributed by atoms with Crippen molar-refractivity contribution in [2.24, 2.45) is 5.41 Å². The quantitative estimate of drug-likeness (QED) is 0.869. The van der Waals surface area contributed by atoms with Crippen LogP contribution < -0.4 is 0 Å². The predicted octanol–water partition coefficient (Wildman–Crippen LogP) is 4.25. The van der Waals surface area contributed by atoms with Crippen LogP contribution in [0.2, 0.25) is 5.02 Å². The second-order valence-corrected chi connectivity index (χ2v) is 6.69. The molecule has 1 aromatic heterocycles. The second-order valence-electron chi connectivity index (χ2n) is 6.32. The molecule has 2 aromatic rings. The van der Waals surface area contributed by atoms with E-state index in [1.54, 1.807) is 6.07 Å². The number of imidazole rings is 1. The monoisotopic (exact) mass is 359 g/mol. The van der Waals surface area contributed by atoms with Gasteiger partial charge in [0.05, 0.1) is 16.1 Å². The summed E-state index contributed by atoms with van der Waals surface area (Å²) in [6.07, 6.45) is -4.88. The van der Waals surface area contributed by atoms with Crippen molar-refractivity contribution in [1.82, 2.24) is 9.55 Å². The van der Waals surface area contributed by atoms with Gasteiger partial charge in [-0.2, -0.15) is 18.4 Å². The lowest BCUT2D eigenvalue weighted by Crippen LogP contribution is -2.34. The molecule has 1 atom stereocenters. The number of nitrogens with zero attached hydrogens (tertiary/aromatic N) is 3. The summed E-state index contributed by atoms with van der Waals surface area (Å²) in [5.41, 5.74) is -1.41.